The third-order valence-corrected chi connectivity index (χ3v) is 20.0. The zero-order chi connectivity index (χ0) is 70.4. The fraction of sp³-hybridized carbons (Fsp3) is 0.244. The Morgan fingerprint density at radius 3 is 1.06 bits per heavy atom. The molecule has 4 aliphatic rings. The van der Waals surface area contributed by atoms with Crippen LogP contribution in [-0.4, -0.2) is 173 Å². The monoisotopic (exact) mass is 1440 g/mol. The van der Waals surface area contributed by atoms with Crippen LogP contribution in [-0.2, 0) is 0 Å². The average Bonchev–Trinajstić information content (AvgIpc) is 1.68. The van der Waals surface area contributed by atoms with Gasteiger partial charge < -0.3 is 59.1 Å². The van der Waals surface area contributed by atoms with Crippen molar-refractivity contribution in [3.63, 3.8) is 0 Å². The third-order valence-electron chi connectivity index (χ3n) is 19.0. The summed E-state index contributed by atoms with van der Waals surface area (Å²) in [4.78, 5) is 84.1. The van der Waals surface area contributed by atoms with Gasteiger partial charge in [0.05, 0.1) is 11.4 Å². The number of aryl methyl sites for hydroxylation is 2. The second-order valence-corrected chi connectivity index (χ2v) is 27.3. The van der Waals surface area contributed by atoms with E-state index in [2.05, 4.69) is 66.8 Å². The first-order chi connectivity index (χ1) is 48.9. The molecule has 5 aromatic heterocycles. The number of fused-ring (bicyclic) bond motifs is 4. The molecule has 16 rings (SSSR count). The lowest BCUT2D eigenvalue weighted by Gasteiger charge is -2.36. The van der Waals surface area contributed by atoms with Gasteiger partial charge >= 0.3 is 0 Å². The summed E-state index contributed by atoms with van der Waals surface area (Å²) in [6.07, 6.45) is 1.79. The van der Waals surface area contributed by atoms with Gasteiger partial charge in [-0.25, -0.2) is 13.8 Å². The summed E-state index contributed by atoms with van der Waals surface area (Å²) >= 11 is 24.1. The van der Waals surface area contributed by atoms with Crippen LogP contribution in [0.3, 0.4) is 0 Å². The van der Waals surface area contributed by atoms with Crippen LogP contribution in [0.4, 0.5) is 31.7 Å². The van der Waals surface area contributed by atoms with Gasteiger partial charge in [0, 0.05) is 180 Å². The smallest absolute Gasteiger partial charge is 0.270 e. The van der Waals surface area contributed by atoms with Crippen LogP contribution in [0.15, 0.2) is 182 Å². The number of carbonyl (C=O) groups is 4. The number of piperazine rings is 4. The van der Waals surface area contributed by atoms with E-state index in [0.717, 1.165) is 94.3 Å². The normalized spacial score (nSPS) is 14.9. The Morgan fingerprint density at radius 2 is 0.693 bits per heavy atom. The van der Waals surface area contributed by atoms with Crippen molar-refractivity contribution in [2.24, 2.45) is 0 Å². The van der Waals surface area contributed by atoms with Crippen LogP contribution in [0, 0.1) is 32.4 Å². The molecule has 0 spiro atoms. The predicted octanol–water partition coefficient (Wildman–Crippen LogP) is 15.7. The molecule has 7 aromatic carbocycles. The van der Waals surface area contributed by atoms with Crippen molar-refractivity contribution in [3.05, 3.63) is 253 Å². The highest BCUT2D eigenvalue weighted by Gasteiger charge is 2.29. The topological polar surface area (TPSA) is 170 Å². The minimum absolute atomic E-state index is 0.0305. The van der Waals surface area contributed by atoms with Crippen LogP contribution in [0.5, 0.6) is 0 Å². The van der Waals surface area contributed by atoms with Gasteiger partial charge in [0.15, 0.2) is 0 Å². The minimum atomic E-state index is -0.227. The number of amides is 4. The maximum Gasteiger partial charge on any atom is 0.270 e. The number of para-hydroxylation sites is 1. The predicted molar refractivity (Wildman–Crippen MR) is 403 cm³/mol. The van der Waals surface area contributed by atoms with E-state index in [0.29, 0.717) is 120 Å². The van der Waals surface area contributed by atoms with Crippen LogP contribution < -0.4 is 19.6 Å². The van der Waals surface area contributed by atoms with E-state index in [9.17, 15) is 28.0 Å². The number of benzene rings is 7. The molecule has 0 bridgehead atoms. The number of aromatic amines is 4. The van der Waals surface area contributed by atoms with Gasteiger partial charge in [0.1, 0.15) is 40.2 Å². The lowest BCUT2D eigenvalue weighted by molar-refractivity contribution is 0.0734. The Balaban J connectivity index is 0.000000120. The summed E-state index contributed by atoms with van der Waals surface area (Å²) in [5.41, 5.74) is 12.0. The Labute approximate surface area is 603 Å². The first-order valence-corrected chi connectivity index (χ1v) is 35.2. The number of pyridine rings is 1. The van der Waals surface area contributed by atoms with Gasteiger partial charge in [-0.15, -0.1) is 0 Å². The molecule has 4 N–H and O–H groups in total. The Hall–Kier alpha value is -10.1. The molecule has 17 nitrogen and oxygen atoms in total. The van der Waals surface area contributed by atoms with Crippen LogP contribution in [0.1, 0.15) is 58.6 Å². The highest BCUT2D eigenvalue weighted by molar-refractivity contribution is 6.32. The lowest BCUT2D eigenvalue weighted by Crippen LogP contribution is -2.49. The third kappa shape index (κ3) is 16.1. The van der Waals surface area contributed by atoms with E-state index in [1.807, 2.05) is 148 Å². The van der Waals surface area contributed by atoms with E-state index in [1.54, 1.807) is 46.3 Å². The van der Waals surface area contributed by atoms with Gasteiger partial charge in [0.2, 0.25) is 0 Å². The second kappa shape index (κ2) is 30.8. The molecule has 12 aromatic rings. The van der Waals surface area contributed by atoms with Crippen molar-refractivity contribution in [2.75, 3.05) is 124 Å². The first kappa shape index (κ1) is 69.4. The molecule has 0 atom stereocenters. The SMILES string of the molecule is Cc1ccc(N2CCN(C(=O)c3cc4cc(Cl)ccc4[nH]3)CC2)c(F)c1.Cc1cccc(N2CCN(C(=O)c3cc4cc(Cl)ccc4[nH]3)CC2)c1C.O=C(c1cc2cc(Cl)ccc2[nH]1)N1CCN(c2ccccc2F)CC1.O=C(c1cc2cc(Cl)ccc2[nH]1)N1CCN(c2ccccn2)CC1. The van der Waals surface area contributed by atoms with E-state index < -0.39 is 0 Å². The summed E-state index contributed by atoms with van der Waals surface area (Å²) in [6, 6.07) is 53.9. The molecular formula is C78H75Cl4F2N13O4. The molecule has 0 unspecified atom stereocenters. The number of hydrogen-bond donors (Lipinski definition) is 4. The highest BCUT2D eigenvalue weighted by Crippen LogP contribution is 2.30. The number of hydrogen-bond acceptors (Lipinski definition) is 9. The van der Waals surface area contributed by atoms with E-state index in [1.165, 1.54) is 22.9 Å². The average molecular weight is 1440 g/mol. The second-order valence-electron chi connectivity index (χ2n) is 25.6. The summed E-state index contributed by atoms with van der Waals surface area (Å²) < 4.78 is 28.1. The number of nitrogens with one attached hydrogen (secondary N) is 4. The maximum atomic E-state index is 14.2. The largest absolute Gasteiger partial charge is 0.368 e. The highest BCUT2D eigenvalue weighted by atomic mass is 35.5. The molecule has 101 heavy (non-hydrogen) atoms. The molecule has 518 valence electrons. The number of nitrogens with zero attached hydrogens (tertiary/aromatic N) is 9. The van der Waals surface area contributed by atoms with Crippen molar-refractivity contribution in [1.82, 2.24) is 44.5 Å². The van der Waals surface area contributed by atoms with Crippen molar-refractivity contribution in [3.8, 4) is 0 Å². The summed E-state index contributed by atoms with van der Waals surface area (Å²) in [5.74, 6) is 0.527. The van der Waals surface area contributed by atoms with Gasteiger partial charge in [0.25, 0.3) is 23.6 Å². The minimum Gasteiger partial charge on any atom is -0.368 e. The number of rotatable bonds is 8. The van der Waals surface area contributed by atoms with E-state index in [4.69, 9.17) is 46.4 Å². The number of carbonyl (C=O) groups excluding carboxylic acids is 4. The van der Waals surface area contributed by atoms with E-state index in [-0.39, 0.29) is 35.3 Å². The van der Waals surface area contributed by atoms with Crippen LogP contribution >= 0.6 is 46.4 Å². The number of H-pyrrole nitrogens is 4. The quantitative estimate of drug-likeness (QED) is 0.116. The van der Waals surface area contributed by atoms with Crippen LogP contribution in [0.25, 0.3) is 43.6 Å². The molecule has 4 fully saturated rings. The number of anilines is 4. The Kier molecular flexibility index (Phi) is 21.2. The molecule has 23 heteroatoms. The molecule has 0 saturated carbocycles. The number of halogens is 6. The lowest BCUT2D eigenvalue weighted by atomic mass is 10.1. The fourth-order valence-electron chi connectivity index (χ4n) is 13.3. The molecule has 0 radical (unpaired) electrons. The zero-order valence-corrected chi connectivity index (χ0v) is 59.1. The van der Waals surface area contributed by atoms with E-state index >= 15 is 0 Å². The molecule has 4 aliphatic heterocycles. The Bertz CT molecular complexity index is 4990. The van der Waals surface area contributed by atoms with Gasteiger partial charge in [-0.1, -0.05) is 82.8 Å². The van der Waals surface area contributed by atoms with Crippen molar-refractivity contribution >= 4 is 137 Å². The van der Waals surface area contributed by atoms with Gasteiger partial charge in [-0.3, -0.25) is 19.2 Å². The van der Waals surface area contributed by atoms with Crippen LogP contribution in [0.2, 0.25) is 20.1 Å². The summed E-state index contributed by atoms with van der Waals surface area (Å²) in [7, 11) is 0. The molecule has 4 saturated heterocycles. The molecule has 9 heterocycles. The first-order valence-electron chi connectivity index (χ1n) is 33.6. The van der Waals surface area contributed by atoms with Crippen molar-refractivity contribution in [1.29, 1.82) is 0 Å². The summed E-state index contributed by atoms with van der Waals surface area (Å²) in [5, 5.41) is 6.39. The maximum absolute atomic E-state index is 14.2. The Morgan fingerprint density at radius 1 is 0.347 bits per heavy atom. The van der Waals surface area contributed by atoms with Crippen molar-refractivity contribution < 1.29 is 28.0 Å². The molecule has 4 amide bonds. The summed E-state index contributed by atoms with van der Waals surface area (Å²) in [6.45, 7) is 16.9. The zero-order valence-electron chi connectivity index (χ0n) is 56.1. The van der Waals surface area contributed by atoms with Gasteiger partial charge in [-0.05, 0) is 177 Å². The fourth-order valence-corrected chi connectivity index (χ4v) is 14.1. The molecular weight excluding hydrogens is 1360 g/mol. The van der Waals surface area contributed by atoms with Gasteiger partial charge in [-0.2, -0.15) is 0 Å². The number of aromatic nitrogens is 5. The molecule has 0 aliphatic carbocycles. The van der Waals surface area contributed by atoms with Crippen molar-refractivity contribution in [2.45, 2.75) is 20.8 Å². The standard InChI is InChI=1S/C21H22ClN3O.C20H19ClFN3O.C19H17ClFN3O.C18H17ClN4O/c1-14-4-3-5-20(15(14)2)24-8-10-25(11-9-24)21(26)19-13-16-12-17(22)6-7-18(16)23-19;1-13-2-5-19(16(22)10-13)24-6-8-25(9-7-24)20(26)18-12-14-11-15(21)3-4-17(14)23-18;20-14-5-6-16-13(11-14)12-17(22-16)19(25)24-9-7-23(8-10-24)18-4-2-1-3-15(18)21;19-14-4-5-15-13(11-14)12-16(21-15)18(24)23-9-7-22(8-10-23)17-3-1-2-6-20-17/h3-7,12-13,23H,8-11H2,1-2H3;2-5,10-12,23H,6-9H2,1H3;1-6,11-12,22H,7-10H2;1-6,11-12,21H,7-10H2.